The summed E-state index contributed by atoms with van der Waals surface area (Å²) in [5, 5.41) is 0.160. The van der Waals surface area contributed by atoms with Crippen LogP contribution in [0, 0.1) is 0 Å². The van der Waals surface area contributed by atoms with Crippen molar-refractivity contribution in [1.82, 2.24) is 0 Å². The molecule has 4 heteroatoms. The van der Waals surface area contributed by atoms with Crippen LogP contribution >= 0.6 is 11.8 Å². The van der Waals surface area contributed by atoms with Gasteiger partial charge in [-0.25, -0.2) is 0 Å². The molecule has 0 rings (SSSR count). The molecule has 76 valence electrons. The number of ether oxygens (including phenoxy) is 1. The summed E-state index contributed by atoms with van der Waals surface area (Å²) in [6.07, 6.45) is 3.31. The fraction of sp³-hybridized carbons (Fsp3) is 0.778. The first kappa shape index (κ1) is 12.5. The number of carbonyl (C=O) groups is 2. The van der Waals surface area contributed by atoms with Crippen LogP contribution in [0.3, 0.4) is 0 Å². The number of methoxy groups -OCH3 is 1. The smallest absolute Gasteiger partial charge is 0.305 e. The molecule has 13 heavy (non-hydrogen) atoms. The van der Waals surface area contributed by atoms with Gasteiger partial charge in [-0.3, -0.25) is 9.59 Å². The topological polar surface area (TPSA) is 43.4 Å². The average Bonchev–Trinajstić information content (AvgIpc) is 2.10. The van der Waals surface area contributed by atoms with Crippen molar-refractivity contribution in [2.75, 3.05) is 12.9 Å². The van der Waals surface area contributed by atoms with Gasteiger partial charge in [0.05, 0.1) is 7.11 Å². The molecular formula is C9H16O3S. The van der Waals surface area contributed by atoms with Crippen LogP contribution in [0.15, 0.2) is 0 Å². The van der Waals surface area contributed by atoms with E-state index in [9.17, 15) is 9.59 Å². The Bertz CT molecular complexity index is 168. The number of unbranched alkanes of at least 4 members (excludes halogenated alkanes) is 2. The standard InChI is InChI=1S/C9H16O3S/c1-8(10)13-7-5-3-4-6-9(11)12-2/h3-7H2,1-2H3. The summed E-state index contributed by atoms with van der Waals surface area (Å²) < 4.78 is 4.50. The van der Waals surface area contributed by atoms with Gasteiger partial charge >= 0.3 is 5.97 Å². The Morgan fingerprint density at radius 2 is 1.92 bits per heavy atom. The molecule has 0 saturated heterocycles. The SMILES string of the molecule is COC(=O)CCCCCSC(C)=O. The van der Waals surface area contributed by atoms with Crippen molar-refractivity contribution in [2.24, 2.45) is 0 Å². The number of hydrogen-bond acceptors (Lipinski definition) is 4. The molecule has 0 fully saturated rings. The van der Waals surface area contributed by atoms with Gasteiger partial charge in [0.2, 0.25) is 0 Å². The highest BCUT2D eigenvalue weighted by molar-refractivity contribution is 8.13. The second-order valence-electron chi connectivity index (χ2n) is 2.73. The van der Waals surface area contributed by atoms with Crippen LogP contribution in [-0.2, 0) is 14.3 Å². The zero-order chi connectivity index (χ0) is 10.1. The van der Waals surface area contributed by atoms with Gasteiger partial charge in [-0.1, -0.05) is 18.2 Å². The van der Waals surface area contributed by atoms with Crippen molar-refractivity contribution < 1.29 is 14.3 Å². The molecule has 0 saturated carbocycles. The van der Waals surface area contributed by atoms with Crippen LogP contribution in [0.2, 0.25) is 0 Å². The van der Waals surface area contributed by atoms with Gasteiger partial charge < -0.3 is 4.74 Å². The van der Waals surface area contributed by atoms with Crippen LogP contribution in [0.1, 0.15) is 32.6 Å². The fourth-order valence-corrected chi connectivity index (χ4v) is 1.50. The second-order valence-corrected chi connectivity index (χ2v) is 4.00. The third-order valence-electron chi connectivity index (χ3n) is 1.56. The molecule has 0 N–H and O–H groups in total. The van der Waals surface area contributed by atoms with Crippen molar-refractivity contribution in [2.45, 2.75) is 32.6 Å². The predicted octanol–water partition coefficient (Wildman–Crippen LogP) is 2.00. The Morgan fingerprint density at radius 3 is 2.46 bits per heavy atom. The van der Waals surface area contributed by atoms with E-state index in [4.69, 9.17) is 0 Å². The highest BCUT2D eigenvalue weighted by Crippen LogP contribution is 2.08. The lowest BCUT2D eigenvalue weighted by atomic mass is 10.2. The lowest BCUT2D eigenvalue weighted by Crippen LogP contribution is -1.99. The van der Waals surface area contributed by atoms with Crippen molar-refractivity contribution in [3.05, 3.63) is 0 Å². The molecule has 0 radical (unpaired) electrons. The molecule has 0 atom stereocenters. The minimum absolute atomic E-state index is 0.153. The van der Waals surface area contributed by atoms with E-state index in [0.717, 1.165) is 25.0 Å². The van der Waals surface area contributed by atoms with Crippen molar-refractivity contribution in [3.8, 4) is 0 Å². The van der Waals surface area contributed by atoms with E-state index in [0.29, 0.717) is 6.42 Å². The first-order valence-corrected chi connectivity index (χ1v) is 5.35. The Labute approximate surface area is 83.2 Å². The summed E-state index contributed by atoms with van der Waals surface area (Å²) in [5.41, 5.74) is 0. The minimum Gasteiger partial charge on any atom is -0.469 e. The van der Waals surface area contributed by atoms with E-state index in [1.54, 1.807) is 6.92 Å². The van der Waals surface area contributed by atoms with E-state index in [-0.39, 0.29) is 11.1 Å². The van der Waals surface area contributed by atoms with Crippen LogP contribution in [0.4, 0.5) is 0 Å². The third-order valence-corrected chi connectivity index (χ3v) is 2.46. The van der Waals surface area contributed by atoms with Gasteiger partial charge in [0.15, 0.2) is 5.12 Å². The lowest BCUT2D eigenvalue weighted by molar-refractivity contribution is -0.140. The number of hydrogen-bond donors (Lipinski definition) is 0. The molecule has 0 bridgehead atoms. The average molecular weight is 204 g/mol. The molecule has 3 nitrogen and oxygen atoms in total. The molecule has 0 aliphatic heterocycles. The summed E-state index contributed by atoms with van der Waals surface area (Å²) in [6.45, 7) is 1.57. The summed E-state index contributed by atoms with van der Waals surface area (Å²) in [7, 11) is 1.40. The quantitative estimate of drug-likeness (QED) is 0.490. The van der Waals surface area contributed by atoms with Gasteiger partial charge in [-0.05, 0) is 12.8 Å². The molecule has 0 aromatic rings. The molecule has 0 aromatic carbocycles. The van der Waals surface area contributed by atoms with Gasteiger partial charge in [0.1, 0.15) is 0 Å². The highest BCUT2D eigenvalue weighted by Gasteiger charge is 1.99. The maximum Gasteiger partial charge on any atom is 0.305 e. The van der Waals surface area contributed by atoms with E-state index >= 15 is 0 Å². The van der Waals surface area contributed by atoms with Gasteiger partial charge in [-0.15, -0.1) is 0 Å². The summed E-state index contributed by atoms with van der Waals surface area (Å²) >= 11 is 1.34. The normalized spacial score (nSPS) is 9.69. The molecule has 0 aliphatic rings. The fourth-order valence-electron chi connectivity index (χ4n) is 0.866. The van der Waals surface area contributed by atoms with Gasteiger partial charge in [0.25, 0.3) is 0 Å². The monoisotopic (exact) mass is 204 g/mol. The Hall–Kier alpha value is -0.510. The van der Waals surface area contributed by atoms with Crippen LogP contribution in [0.25, 0.3) is 0 Å². The predicted molar refractivity (Wildman–Crippen MR) is 53.6 cm³/mol. The van der Waals surface area contributed by atoms with Crippen LogP contribution in [-0.4, -0.2) is 23.9 Å². The third kappa shape index (κ3) is 9.40. The zero-order valence-electron chi connectivity index (χ0n) is 8.17. The minimum atomic E-state index is -0.153. The molecule has 0 spiro atoms. The molecule has 0 heterocycles. The van der Waals surface area contributed by atoms with Gasteiger partial charge in [-0.2, -0.15) is 0 Å². The molecule has 0 unspecified atom stereocenters. The van der Waals surface area contributed by atoms with Crippen LogP contribution in [0.5, 0.6) is 0 Å². The molecule has 0 aliphatic carbocycles. The van der Waals surface area contributed by atoms with Gasteiger partial charge in [0, 0.05) is 19.1 Å². The maximum atomic E-state index is 10.7. The van der Waals surface area contributed by atoms with E-state index in [1.807, 2.05) is 0 Å². The Kier molecular flexibility index (Phi) is 7.79. The Balaban J connectivity index is 3.08. The number of carbonyl (C=O) groups excluding carboxylic acids is 2. The van der Waals surface area contributed by atoms with Crippen molar-refractivity contribution in [1.29, 1.82) is 0 Å². The summed E-state index contributed by atoms with van der Waals surface area (Å²) in [4.78, 5) is 21.2. The van der Waals surface area contributed by atoms with E-state index in [2.05, 4.69) is 4.74 Å². The first-order chi connectivity index (χ1) is 6.16. The number of rotatable bonds is 6. The van der Waals surface area contributed by atoms with Crippen LogP contribution < -0.4 is 0 Å². The highest BCUT2D eigenvalue weighted by atomic mass is 32.2. The zero-order valence-corrected chi connectivity index (χ0v) is 8.99. The Morgan fingerprint density at radius 1 is 1.23 bits per heavy atom. The molecule has 0 amide bonds. The van der Waals surface area contributed by atoms with E-state index < -0.39 is 0 Å². The van der Waals surface area contributed by atoms with Crippen molar-refractivity contribution >= 4 is 22.8 Å². The number of thioether (sulfide) groups is 1. The summed E-state index contributed by atoms with van der Waals surface area (Å²) in [6, 6.07) is 0. The largest absolute Gasteiger partial charge is 0.469 e. The van der Waals surface area contributed by atoms with Crippen molar-refractivity contribution in [3.63, 3.8) is 0 Å². The maximum absolute atomic E-state index is 10.7. The lowest BCUT2D eigenvalue weighted by Gasteiger charge is -1.99. The van der Waals surface area contributed by atoms with E-state index in [1.165, 1.54) is 18.9 Å². The number of esters is 1. The molecule has 0 aromatic heterocycles. The first-order valence-electron chi connectivity index (χ1n) is 4.37. The molecular weight excluding hydrogens is 188 g/mol. The summed E-state index contributed by atoms with van der Waals surface area (Å²) in [5.74, 6) is 0.704. The second kappa shape index (κ2) is 8.10.